The van der Waals surface area contributed by atoms with Gasteiger partial charge in [0.1, 0.15) is 17.9 Å². The second-order valence-electron chi connectivity index (χ2n) is 8.40. The molecule has 160 valence electrons. The number of fused-ring (bicyclic) bond motifs is 5. The van der Waals surface area contributed by atoms with Gasteiger partial charge in [0, 0.05) is 29.9 Å². The lowest BCUT2D eigenvalue weighted by Crippen LogP contribution is -2.41. The number of aromatic hydroxyl groups is 2. The highest BCUT2D eigenvalue weighted by atomic mass is 16.6. The zero-order valence-corrected chi connectivity index (χ0v) is 17.6. The Morgan fingerprint density at radius 3 is 2.74 bits per heavy atom. The SMILES string of the molecule is CC[C@@]1(O)C(=O)OCc2c1cc1c3[nH+]c4ccc(O)c(CN(C)C)c4cc3cn1c2O. The summed E-state index contributed by atoms with van der Waals surface area (Å²) in [5.74, 6) is -0.558. The Hall–Kier alpha value is -3.36. The number of aliphatic hydroxyl groups is 1. The summed E-state index contributed by atoms with van der Waals surface area (Å²) in [7, 11) is 3.88. The van der Waals surface area contributed by atoms with E-state index in [0.717, 1.165) is 27.4 Å². The van der Waals surface area contributed by atoms with Gasteiger partial charge in [-0.15, -0.1) is 0 Å². The number of benzene rings is 1. The summed E-state index contributed by atoms with van der Waals surface area (Å²) in [6.07, 6.45) is 1.92. The van der Waals surface area contributed by atoms with E-state index in [1.54, 1.807) is 29.7 Å². The van der Waals surface area contributed by atoms with Crippen molar-refractivity contribution in [3.8, 4) is 11.6 Å². The summed E-state index contributed by atoms with van der Waals surface area (Å²) in [5.41, 5.74) is 1.99. The molecule has 0 saturated carbocycles. The number of nitrogens with one attached hydrogen (secondary N) is 1. The molecule has 1 aliphatic rings. The molecule has 31 heavy (non-hydrogen) atoms. The normalized spacial score (nSPS) is 18.8. The van der Waals surface area contributed by atoms with E-state index in [2.05, 4.69) is 4.98 Å². The van der Waals surface area contributed by atoms with Crippen LogP contribution in [0.5, 0.6) is 11.6 Å². The highest BCUT2D eigenvalue weighted by Gasteiger charge is 2.44. The Morgan fingerprint density at radius 1 is 1.26 bits per heavy atom. The van der Waals surface area contributed by atoms with Crippen molar-refractivity contribution in [3.63, 3.8) is 0 Å². The zero-order chi connectivity index (χ0) is 22.1. The van der Waals surface area contributed by atoms with Gasteiger partial charge < -0.3 is 25.0 Å². The van der Waals surface area contributed by atoms with E-state index >= 15 is 0 Å². The van der Waals surface area contributed by atoms with E-state index in [9.17, 15) is 20.1 Å². The number of aromatic amines is 1. The van der Waals surface area contributed by atoms with Crippen LogP contribution >= 0.6 is 0 Å². The van der Waals surface area contributed by atoms with Gasteiger partial charge >= 0.3 is 5.97 Å². The molecule has 4 aromatic rings. The molecule has 0 radical (unpaired) electrons. The number of H-pyrrole nitrogens is 1. The molecule has 1 aliphatic heterocycles. The Balaban J connectivity index is 1.85. The van der Waals surface area contributed by atoms with Gasteiger partial charge in [0.15, 0.2) is 5.60 Å². The third kappa shape index (κ3) is 2.68. The van der Waals surface area contributed by atoms with Crippen molar-refractivity contribution in [2.24, 2.45) is 0 Å². The Kier molecular flexibility index (Phi) is 4.15. The average molecular weight is 422 g/mol. The molecule has 4 N–H and O–H groups in total. The van der Waals surface area contributed by atoms with Crippen LogP contribution in [0.15, 0.2) is 30.5 Å². The number of carbonyl (C=O) groups is 1. The van der Waals surface area contributed by atoms with Crippen molar-refractivity contribution in [2.45, 2.75) is 32.1 Å². The van der Waals surface area contributed by atoms with Crippen LogP contribution in [0.2, 0.25) is 0 Å². The Morgan fingerprint density at radius 2 is 2.03 bits per heavy atom. The lowest BCUT2D eigenvalue weighted by molar-refractivity contribution is -0.309. The maximum Gasteiger partial charge on any atom is 0.343 e. The maximum absolute atomic E-state index is 12.3. The van der Waals surface area contributed by atoms with E-state index in [0.29, 0.717) is 23.2 Å². The summed E-state index contributed by atoms with van der Waals surface area (Å²) in [4.78, 5) is 17.7. The largest absolute Gasteiger partial charge is 0.508 e. The first-order chi connectivity index (χ1) is 14.7. The second-order valence-corrected chi connectivity index (χ2v) is 8.40. The molecule has 8 heteroatoms. The molecule has 0 bridgehead atoms. The molecule has 1 aromatic carbocycles. The minimum Gasteiger partial charge on any atom is -0.508 e. The minimum absolute atomic E-state index is 0.0723. The van der Waals surface area contributed by atoms with Gasteiger partial charge in [-0.25, -0.2) is 9.78 Å². The van der Waals surface area contributed by atoms with Gasteiger partial charge in [0.2, 0.25) is 16.9 Å². The number of cyclic esters (lactones) is 1. The molecule has 0 aliphatic carbocycles. The molecular formula is C23H24N3O5+. The monoisotopic (exact) mass is 422 g/mol. The fourth-order valence-electron chi connectivity index (χ4n) is 4.51. The number of pyridine rings is 2. The van der Waals surface area contributed by atoms with Crippen molar-refractivity contribution in [1.82, 2.24) is 9.30 Å². The van der Waals surface area contributed by atoms with Crippen molar-refractivity contribution >= 4 is 33.3 Å². The van der Waals surface area contributed by atoms with Crippen LogP contribution in [0.4, 0.5) is 0 Å². The molecule has 8 nitrogen and oxygen atoms in total. The topological polar surface area (TPSA) is 109 Å². The molecule has 0 unspecified atom stereocenters. The number of phenolic OH excluding ortho intramolecular Hbond substituents is 1. The van der Waals surface area contributed by atoms with Crippen LogP contribution in [-0.4, -0.2) is 44.7 Å². The Bertz CT molecular complexity index is 1390. The first-order valence-corrected chi connectivity index (χ1v) is 10.2. The van der Waals surface area contributed by atoms with Crippen LogP contribution in [0, 0.1) is 0 Å². The fourth-order valence-corrected chi connectivity index (χ4v) is 4.51. The van der Waals surface area contributed by atoms with E-state index in [4.69, 9.17) is 4.74 Å². The Labute approximate surface area is 177 Å². The number of hydrogen-bond donors (Lipinski definition) is 3. The number of ether oxygens (including phenoxy) is 1. The molecule has 0 spiro atoms. The average Bonchev–Trinajstić information content (AvgIpc) is 3.10. The lowest BCUT2D eigenvalue weighted by Gasteiger charge is -2.32. The number of aromatic nitrogens is 2. The molecule has 0 fully saturated rings. The highest BCUT2D eigenvalue weighted by Crippen LogP contribution is 2.41. The standard InChI is InChI=1S/C23H23N3O5/c1-4-23(30)16-8-18-20-12(9-26(18)21(28)15(16)11-31-22(23)29)7-13-14(10-25(2)3)19(27)6-5-17(13)24-20/h5-9,27-28,30H,4,10-11H2,1-3H3/p+1/t23-/m0/s1. The van der Waals surface area contributed by atoms with Gasteiger partial charge in [-0.1, -0.05) is 6.92 Å². The third-order valence-electron chi connectivity index (χ3n) is 6.19. The molecule has 1 atom stereocenters. The van der Waals surface area contributed by atoms with Crippen molar-refractivity contribution in [1.29, 1.82) is 0 Å². The number of nitrogens with zero attached hydrogens (tertiary/aromatic N) is 2. The van der Waals surface area contributed by atoms with Crippen molar-refractivity contribution < 1.29 is 29.8 Å². The molecule has 0 amide bonds. The smallest absolute Gasteiger partial charge is 0.343 e. The minimum atomic E-state index is -1.80. The number of esters is 1. The van der Waals surface area contributed by atoms with Crippen LogP contribution in [0.25, 0.3) is 27.3 Å². The van der Waals surface area contributed by atoms with E-state index in [1.807, 2.05) is 31.1 Å². The first-order valence-electron chi connectivity index (χ1n) is 10.2. The van der Waals surface area contributed by atoms with Crippen molar-refractivity contribution in [2.75, 3.05) is 14.1 Å². The van der Waals surface area contributed by atoms with Gasteiger partial charge in [0.25, 0.3) is 0 Å². The summed E-state index contributed by atoms with van der Waals surface area (Å²) in [5, 5.41) is 34.1. The predicted octanol–water partition coefficient (Wildman–Crippen LogP) is 2.19. The first kappa shape index (κ1) is 19.6. The summed E-state index contributed by atoms with van der Waals surface area (Å²) < 4.78 is 6.77. The zero-order valence-electron chi connectivity index (χ0n) is 17.6. The second kappa shape index (κ2) is 6.57. The van der Waals surface area contributed by atoms with Crippen LogP contribution in [-0.2, 0) is 28.3 Å². The molecular weight excluding hydrogens is 398 g/mol. The number of hydrogen-bond acceptors (Lipinski definition) is 6. The summed E-state index contributed by atoms with van der Waals surface area (Å²) in [6.45, 7) is 2.17. The molecule has 5 rings (SSSR count). The van der Waals surface area contributed by atoms with Gasteiger partial charge in [-0.2, -0.15) is 0 Å². The van der Waals surface area contributed by atoms with Gasteiger partial charge in [0.05, 0.1) is 16.3 Å². The predicted molar refractivity (Wildman–Crippen MR) is 114 cm³/mol. The lowest BCUT2D eigenvalue weighted by atomic mass is 9.86. The maximum atomic E-state index is 12.3. The summed E-state index contributed by atoms with van der Waals surface area (Å²) >= 11 is 0. The molecule has 0 saturated heterocycles. The highest BCUT2D eigenvalue weighted by molar-refractivity contribution is 5.99. The fraction of sp³-hybridized carbons (Fsp3) is 0.304. The van der Waals surface area contributed by atoms with Crippen LogP contribution in [0.1, 0.15) is 30.0 Å². The number of phenols is 1. The molecule has 4 heterocycles. The number of carbonyl (C=O) groups excluding carboxylic acids is 1. The van der Waals surface area contributed by atoms with Crippen LogP contribution in [0.3, 0.4) is 0 Å². The third-order valence-corrected chi connectivity index (χ3v) is 6.19. The van der Waals surface area contributed by atoms with Gasteiger partial charge in [-0.05, 0) is 38.7 Å². The number of rotatable bonds is 3. The quantitative estimate of drug-likeness (QED) is 0.437. The molecule has 3 aromatic heterocycles. The van der Waals surface area contributed by atoms with Crippen LogP contribution < -0.4 is 4.98 Å². The van der Waals surface area contributed by atoms with Crippen molar-refractivity contribution in [3.05, 3.63) is 47.2 Å². The summed E-state index contributed by atoms with van der Waals surface area (Å²) in [6, 6.07) is 7.18. The van der Waals surface area contributed by atoms with E-state index in [-0.39, 0.29) is 24.7 Å². The van der Waals surface area contributed by atoms with E-state index < -0.39 is 11.6 Å². The van der Waals surface area contributed by atoms with Gasteiger partial charge in [-0.3, -0.25) is 4.40 Å². The van der Waals surface area contributed by atoms with E-state index in [1.165, 1.54) is 0 Å².